The second-order valence-electron chi connectivity index (χ2n) is 4.09. The molecule has 0 radical (unpaired) electrons. The Labute approximate surface area is 119 Å². The van der Waals surface area contributed by atoms with Crippen LogP contribution in [0.3, 0.4) is 0 Å². The fraction of sp³-hybridized carbons (Fsp3) is 0.214. The van der Waals surface area contributed by atoms with E-state index in [1.54, 1.807) is 30.3 Å². The zero-order valence-electron chi connectivity index (χ0n) is 10.2. The molecule has 100 valence electrons. The molecule has 2 aromatic rings. The standard InChI is InChI=1S/C14H14BrNO3/c15-11-4-1-3-10(9-11)14(18)16-7-6-12(17)13-5-2-8-19-13/h1-5,8-9,12,17H,6-7H2,(H,16,18). The monoisotopic (exact) mass is 323 g/mol. The highest BCUT2D eigenvalue weighted by Crippen LogP contribution is 2.16. The van der Waals surface area contributed by atoms with E-state index in [1.165, 1.54) is 6.26 Å². The second-order valence-corrected chi connectivity index (χ2v) is 5.00. The highest BCUT2D eigenvalue weighted by Gasteiger charge is 2.11. The number of aliphatic hydroxyl groups is 1. The van der Waals surface area contributed by atoms with Crippen LogP contribution in [-0.4, -0.2) is 17.6 Å². The summed E-state index contributed by atoms with van der Waals surface area (Å²) in [7, 11) is 0. The van der Waals surface area contributed by atoms with E-state index in [1.807, 2.05) is 6.07 Å². The molecular weight excluding hydrogens is 310 g/mol. The van der Waals surface area contributed by atoms with Crippen molar-refractivity contribution in [1.82, 2.24) is 5.32 Å². The van der Waals surface area contributed by atoms with Crippen LogP contribution in [-0.2, 0) is 0 Å². The number of amides is 1. The fourth-order valence-corrected chi connectivity index (χ4v) is 2.08. The molecule has 0 fully saturated rings. The number of halogens is 1. The van der Waals surface area contributed by atoms with Crippen LogP contribution >= 0.6 is 15.9 Å². The van der Waals surface area contributed by atoms with Crippen molar-refractivity contribution in [3.05, 3.63) is 58.5 Å². The lowest BCUT2D eigenvalue weighted by molar-refractivity contribution is 0.0936. The quantitative estimate of drug-likeness (QED) is 0.889. The molecule has 1 amide bonds. The number of rotatable bonds is 5. The first-order valence-corrected chi connectivity index (χ1v) is 6.71. The first-order chi connectivity index (χ1) is 9.16. The molecule has 19 heavy (non-hydrogen) atoms. The van der Waals surface area contributed by atoms with Gasteiger partial charge < -0.3 is 14.8 Å². The lowest BCUT2D eigenvalue weighted by Crippen LogP contribution is -2.25. The molecule has 1 aromatic heterocycles. The van der Waals surface area contributed by atoms with Crippen LogP contribution in [0.2, 0.25) is 0 Å². The average Bonchev–Trinajstić information content (AvgIpc) is 2.92. The third-order valence-electron chi connectivity index (χ3n) is 2.66. The molecule has 1 heterocycles. The van der Waals surface area contributed by atoms with E-state index in [2.05, 4.69) is 21.2 Å². The maximum atomic E-state index is 11.8. The summed E-state index contributed by atoms with van der Waals surface area (Å²) in [6.07, 6.45) is 1.23. The summed E-state index contributed by atoms with van der Waals surface area (Å²) in [4.78, 5) is 11.8. The summed E-state index contributed by atoms with van der Waals surface area (Å²) in [6, 6.07) is 10.6. The van der Waals surface area contributed by atoms with Crippen LogP contribution in [0.1, 0.15) is 28.6 Å². The van der Waals surface area contributed by atoms with Gasteiger partial charge in [0, 0.05) is 16.6 Å². The van der Waals surface area contributed by atoms with Gasteiger partial charge in [-0.3, -0.25) is 4.79 Å². The van der Waals surface area contributed by atoms with Gasteiger partial charge in [-0.15, -0.1) is 0 Å². The van der Waals surface area contributed by atoms with Crippen LogP contribution in [0.15, 0.2) is 51.6 Å². The Morgan fingerprint density at radius 3 is 2.89 bits per heavy atom. The number of nitrogens with one attached hydrogen (secondary N) is 1. The normalized spacial score (nSPS) is 12.1. The minimum Gasteiger partial charge on any atom is -0.467 e. The molecule has 2 rings (SSSR count). The topological polar surface area (TPSA) is 62.5 Å². The Balaban J connectivity index is 1.81. The summed E-state index contributed by atoms with van der Waals surface area (Å²) in [5, 5.41) is 12.5. The van der Waals surface area contributed by atoms with Gasteiger partial charge in [-0.05, 0) is 36.8 Å². The maximum Gasteiger partial charge on any atom is 0.251 e. The number of furan rings is 1. The van der Waals surface area contributed by atoms with Crippen molar-refractivity contribution in [3.63, 3.8) is 0 Å². The molecule has 0 aliphatic heterocycles. The largest absolute Gasteiger partial charge is 0.467 e. The third-order valence-corrected chi connectivity index (χ3v) is 3.15. The van der Waals surface area contributed by atoms with E-state index in [0.29, 0.717) is 24.3 Å². The highest BCUT2D eigenvalue weighted by molar-refractivity contribution is 9.10. The second kappa shape index (κ2) is 6.54. The van der Waals surface area contributed by atoms with Gasteiger partial charge in [0.05, 0.1) is 6.26 Å². The van der Waals surface area contributed by atoms with E-state index < -0.39 is 6.10 Å². The number of benzene rings is 1. The molecule has 5 heteroatoms. The lowest BCUT2D eigenvalue weighted by Gasteiger charge is -2.09. The summed E-state index contributed by atoms with van der Waals surface area (Å²) in [6.45, 7) is 0.382. The van der Waals surface area contributed by atoms with Gasteiger partial charge in [-0.1, -0.05) is 22.0 Å². The van der Waals surface area contributed by atoms with Crippen molar-refractivity contribution in [2.75, 3.05) is 6.54 Å². The maximum absolute atomic E-state index is 11.8. The molecule has 4 nitrogen and oxygen atoms in total. The van der Waals surface area contributed by atoms with Crippen molar-refractivity contribution < 1.29 is 14.3 Å². The average molecular weight is 324 g/mol. The number of aliphatic hydroxyl groups excluding tert-OH is 1. The fourth-order valence-electron chi connectivity index (χ4n) is 1.68. The third kappa shape index (κ3) is 3.94. The molecule has 0 saturated carbocycles. The molecule has 0 aliphatic carbocycles. The SMILES string of the molecule is O=C(NCCC(O)c1ccco1)c1cccc(Br)c1. The molecular formula is C14H14BrNO3. The molecule has 0 bridgehead atoms. The Hall–Kier alpha value is -1.59. The van der Waals surface area contributed by atoms with Gasteiger partial charge in [0.2, 0.25) is 0 Å². The predicted octanol–water partition coefficient (Wildman–Crippen LogP) is 2.90. The van der Waals surface area contributed by atoms with E-state index in [-0.39, 0.29) is 5.91 Å². The zero-order valence-corrected chi connectivity index (χ0v) is 11.8. The van der Waals surface area contributed by atoms with Crippen LogP contribution in [0, 0.1) is 0 Å². The predicted molar refractivity (Wildman–Crippen MR) is 74.8 cm³/mol. The molecule has 0 spiro atoms. The molecule has 2 N–H and O–H groups in total. The van der Waals surface area contributed by atoms with Crippen molar-refractivity contribution in [3.8, 4) is 0 Å². The Kier molecular flexibility index (Phi) is 4.76. The summed E-state index contributed by atoms with van der Waals surface area (Å²) in [5.74, 6) is 0.352. The first-order valence-electron chi connectivity index (χ1n) is 5.92. The Morgan fingerprint density at radius 1 is 1.37 bits per heavy atom. The minimum atomic E-state index is -0.696. The van der Waals surface area contributed by atoms with Crippen LogP contribution in [0.5, 0.6) is 0 Å². The van der Waals surface area contributed by atoms with Gasteiger partial charge in [0.15, 0.2) is 0 Å². The van der Waals surface area contributed by atoms with E-state index in [4.69, 9.17) is 4.42 Å². The number of carbonyl (C=O) groups is 1. The van der Waals surface area contributed by atoms with Crippen LogP contribution < -0.4 is 5.32 Å². The lowest BCUT2D eigenvalue weighted by atomic mass is 10.2. The van der Waals surface area contributed by atoms with Crippen LogP contribution in [0.4, 0.5) is 0 Å². The Morgan fingerprint density at radius 2 is 2.21 bits per heavy atom. The summed E-state index contributed by atoms with van der Waals surface area (Å²) < 4.78 is 5.94. The van der Waals surface area contributed by atoms with Gasteiger partial charge in [-0.25, -0.2) is 0 Å². The summed E-state index contributed by atoms with van der Waals surface area (Å²) in [5.41, 5.74) is 0.585. The van der Waals surface area contributed by atoms with Crippen molar-refractivity contribution in [2.45, 2.75) is 12.5 Å². The van der Waals surface area contributed by atoms with E-state index in [0.717, 1.165) is 4.47 Å². The molecule has 1 unspecified atom stereocenters. The van der Waals surface area contributed by atoms with E-state index >= 15 is 0 Å². The molecule has 1 atom stereocenters. The van der Waals surface area contributed by atoms with Gasteiger partial charge in [0.1, 0.15) is 11.9 Å². The van der Waals surface area contributed by atoms with Gasteiger partial charge >= 0.3 is 0 Å². The molecule has 1 aromatic carbocycles. The van der Waals surface area contributed by atoms with E-state index in [9.17, 15) is 9.90 Å². The molecule has 0 saturated heterocycles. The smallest absolute Gasteiger partial charge is 0.251 e. The zero-order chi connectivity index (χ0) is 13.7. The van der Waals surface area contributed by atoms with Crippen molar-refractivity contribution in [2.24, 2.45) is 0 Å². The minimum absolute atomic E-state index is 0.159. The van der Waals surface area contributed by atoms with Crippen molar-refractivity contribution >= 4 is 21.8 Å². The van der Waals surface area contributed by atoms with Crippen molar-refractivity contribution in [1.29, 1.82) is 0 Å². The van der Waals surface area contributed by atoms with Gasteiger partial charge in [-0.2, -0.15) is 0 Å². The summed E-state index contributed by atoms with van der Waals surface area (Å²) >= 11 is 3.32. The number of hydrogen-bond donors (Lipinski definition) is 2. The number of carbonyl (C=O) groups excluding carboxylic acids is 1. The number of hydrogen-bond acceptors (Lipinski definition) is 3. The van der Waals surface area contributed by atoms with Gasteiger partial charge in [0.25, 0.3) is 5.91 Å². The molecule has 0 aliphatic rings. The highest BCUT2D eigenvalue weighted by atomic mass is 79.9. The first kappa shape index (κ1) is 13.8. The van der Waals surface area contributed by atoms with Crippen LogP contribution in [0.25, 0.3) is 0 Å². The Bertz CT molecular complexity index is 539.